The van der Waals surface area contributed by atoms with Crippen LogP contribution in [0.4, 0.5) is 11.4 Å². The standard InChI is InChI=1S/C12H16BrN3O2/c1-2-3-15-7-10(14)5-8-4-9(13)6-11(12(8)15)16(17)18/h4,6,10H,2-3,5,7,14H2,1H3. The molecule has 0 amide bonds. The van der Waals surface area contributed by atoms with E-state index >= 15 is 0 Å². The Morgan fingerprint density at radius 2 is 2.33 bits per heavy atom. The van der Waals surface area contributed by atoms with Crippen LogP contribution in [0.1, 0.15) is 18.9 Å². The Morgan fingerprint density at radius 1 is 1.61 bits per heavy atom. The fourth-order valence-corrected chi connectivity index (χ4v) is 2.99. The van der Waals surface area contributed by atoms with Crippen LogP contribution >= 0.6 is 15.9 Å². The molecule has 0 fully saturated rings. The van der Waals surface area contributed by atoms with Gasteiger partial charge < -0.3 is 10.6 Å². The summed E-state index contributed by atoms with van der Waals surface area (Å²) in [6, 6.07) is 3.54. The summed E-state index contributed by atoms with van der Waals surface area (Å²) in [5.41, 5.74) is 7.89. The van der Waals surface area contributed by atoms with E-state index in [1.807, 2.05) is 11.0 Å². The van der Waals surface area contributed by atoms with E-state index in [2.05, 4.69) is 22.9 Å². The Kier molecular flexibility index (Phi) is 3.87. The molecule has 1 aliphatic rings. The zero-order chi connectivity index (χ0) is 13.3. The lowest BCUT2D eigenvalue weighted by Gasteiger charge is -2.34. The number of nitro benzene ring substituents is 1. The number of halogens is 1. The lowest BCUT2D eigenvalue weighted by Crippen LogP contribution is -2.43. The molecule has 0 radical (unpaired) electrons. The van der Waals surface area contributed by atoms with Crippen LogP contribution in [0.3, 0.4) is 0 Å². The molecule has 98 valence electrons. The molecule has 0 bridgehead atoms. The summed E-state index contributed by atoms with van der Waals surface area (Å²) >= 11 is 3.32. The van der Waals surface area contributed by atoms with Crippen molar-refractivity contribution in [2.75, 3.05) is 18.0 Å². The summed E-state index contributed by atoms with van der Waals surface area (Å²) in [6.07, 6.45) is 1.63. The van der Waals surface area contributed by atoms with E-state index in [0.717, 1.165) is 28.7 Å². The van der Waals surface area contributed by atoms with Gasteiger partial charge in [-0.05, 0) is 24.5 Å². The number of fused-ring (bicyclic) bond motifs is 1. The van der Waals surface area contributed by atoms with Crippen molar-refractivity contribution in [1.29, 1.82) is 0 Å². The van der Waals surface area contributed by atoms with Gasteiger partial charge in [-0.3, -0.25) is 10.1 Å². The van der Waals surface area contributed by atoms with Crippen molar-refractivity contribution in [1.82, 2.24) is 0 Å². The van der Waals surface area contributed by atoms with E-state index in [0.29, 0.717) is 13.0 Å². The number of benzene rings is 1. The Labute approximate surface area is 114 Å². The predicted molar refractivity (Wildman–Crippen MR) is 75.0 cm³/mol. The Balaban J connectivity index is 2.55. The first kappa shape index (κ1) is 13.3. The second-order valence-corrected chi connectivity index (χ2v) is 5.52. The number of nitro groups is 1. The average molecular weight is 314 g/mol. The topological polar surface area (TPSA) is 72.4 Å². The largest absolute Gasteiger partial charge is 0.364 e. The van der Waals surface area contributed by atoms with Gasteiger partial charge in [-0.15, -0.1) is 0 Å². The maximum atomic E-state index is 11.2. The number of rotatable bonds is 3. The fourth-order valence-electron chi connectivity index (χ4n) is 2.49. The number of nitrogens with two attached hydrogens (primary N) is 1. The van der Waals surface area contributed by atoms with E-state index in [1.165, 1.54) is 0 Å². The molecule has 18 heavy (non-hydrogen) atoms. The Hall–Kier alpha value is -1.14. The third kappa shape index (κ3) is 2.49. The van der Waals surface area contributed by atoms with E-state index in [-0.39, 0.29) is 16.7 Å². The zero-order valence-corrected chi connectivity index (χ0v) is 11.8. The van der Waals surface area contributed by atoms with Gasteiger partial charge in [0.05, 0.1) is 4.92 Å². The molecule has 1 aromatic carbocycles. The summed E-state index contributed by atoms with van der Waals surface area (Å²) in [7, 11) is 0. The van der Waals surface area contributed by atoms with E-state index < -0.39 is 0 Å². The second-order valence-electron chi connectivity index (χ2n) is 4.60. The van der Waals surface area contributed by atoms with Gasteiger partial charge in [0, 0.05) is 29.7 Å². The minimum Gasteiger partial charge on any atom is -0.364 e. The number of anilines is 1. The van der Waals surface area contributed by atoms with Crippen LogP contribution < -0.4 is 10.6 Å². The van der Waals surface area contributed by atoms with E-state index in [1.54, 1.807) is 6.07 Å². The SMILES string of the molecule is CCCN1CC(N)Cc2cc(Br)cc([N+](=O)[O-])c21. The predicted octanol–water partition coefficient (Wildman–Crippen LogP) is 2.46. The monoisotopic (exact) mass is 313 g/mol. The highest BCUT2D eigenvalue weighted by atomic mass is 79.9. The molecule has 1 aromatic rings. The summed E-state index contributed by atoms with van der Waals surface area (Å²) in [5.74, 6) is 0. The summed E-state index contributed by atoms with van der Waals surface area (Å²) < 4.78 is 0.735. The second kappa shape index (κ2) is 5.24. The Bertz CT molecular complexity index is 479. The van der Waals surface area contributed by atoms with Gasteiger partial charge >= 0.3 is 0 Å². The number of hydrogen-bond donors (Lipinski definition) is 1. The summed E-state index contributed by atoms with van der Waals surface area (Å²) in [6.45, 7) is 3.54. The quantitative estimate of drug-likeness (QED) is 0.687. The molecule has 2 N–H and O–H groups in total. The number of nitrogens with zero attached hydrogens (tertiary/aromatic N) is 2. The van der Waals surface area contributed by atoms with Crippen molar-refractivity contribution in [2.45, 2.75) is 25.8 Å². The third-order valence-electron chi connectivity index (χ3n) is 3.08. The van der Waals surface area contributed by atoms with Gasteiger partial charge in [-0.2, -0.15) is 0 Å². The lowest BCUT2D eigenvalue weighted by atomic mass is 9.97. The first-order valence-corrected chi connectivity index (χ1v) is 6.79. The fraction of sp³-hybridized carbons (Fsp3) is 0.500. The molecule has 0 spiro atoms. The summed E-state index contributed by atoms with van der Waals surface area (Å²) in [5, 5.41) is 11.2. The molecule has 0 saturated heterocycles. The van der Waals surface area contributed by atoms with Gasteiger partial charge in [-0.1, -0.05) is 22.9 Å². The van der Waals surface area contributed by atoms with E-state index in [9.17, 15) is 10.1 Å². The molecule has 2 rings (SSSR count). The van der Waals surface area contributed by atoms with Crippen LogP contribution in [0, 0.1) is 10.1 Å². The van der Waals surface area contributed by atoms with Gasteiger partial charge in [0.25, 0.3) is 5.69 Å². The van der Waals surface area contributed by atoms with Gasteiger partial charge in [-0.25, -0.2) is 0 Å². The molecule has 0 saturated carbocycles. The maximum absolute atomic E-state index is 11.2. The van der Waals surface area contributed by atoms with Crippen molar-refractivity contribution in [3.63, 3.8) is 0 Å². The molecule has 1 heterocycles. The molecular weight excluding hydrogens is 298 g/mol. The number of hydrogen-bond acceptors (Lipinski definition) is 4. The van der Waals surface area contributed by atoms with Gasteiger partial charge in [0.2, 0.25) is 0 Å². The molecule has 5 nitrogen and oxygen atoms in total. The normalized spacial score (nSPS) is 18.6. The van der Waals surface area contributed by atoms with Crippen LogP contribution in [0.5, 0.6) is 0 Å². The molecular formula is C12H16BrN3O2. The van der Waals surface area contributed by atoms with Gasteiger partial charge in [0.15, 0.2) is 0 Å². The first-order chi connectivity index (χ1) is 8.52. The summed E-state index contributed by atoms with van der Waals surface area (Å²) in [4.78, 5) is 12.9. The van der Waals surface area contributed by atoms with Crippen molar-refractivity contribution in [3.8, 4) is 0 Å². The molecule has 0 aliphatic carbocycles. The molecule has 6 heteroatoms. The smallest absolute Gasteiger partial charge is 0.293 e. The first-order valence-electron chi connectivity index (χ1n) is 6.00. The van der Waals surface area contributed by atoms with Gasteiger partial charge in [0.1, 0.15) is 5.69 Å². The maximum Gasteiger partial charge on any atom is 0.293 e. The molecule has 1 unspecified atom stereocenters. The Morgan fingerprint density at radius 3 is 2.94 bits per heavy atom. The van der Waals surface area contributed by atoms with Crippen molar-refractivity contribution in [3.05, 3.63) is 32.3 Å². The lowest BCUT2D eigenvalue weighted by molar-refractivity contribution is -0.384. The highest BCUT2D eigenvalue weighted by Crippen LogP contribution is 2.38. The third-order valence-corrected chi connectivity index (χ3v) is 3.53. The minimum atomic E-state index is -0.316. The van der Waals surface area contributed by atoms with Crippen LogP contribution in [-0.2, 0) is 6.42 Å². The van der Waals surface area contributed by atoms with Crippen molar-refractivity contribution in [2.24, 2.45) is 5.73 Å². The zero-order valence-electron chi connectivity index (χ0n) is 10.2. The molecule has 1 aliphatic heterocycles. The van der Waals surface area contributed by atoms with Crippen LogP contribution in [0.25, 0.3) is 0 Å². The van der Waals surface area contributed by atoms with Crippen LogP contribution in [-0.4, -0.2) is 24.1 Å². The van der Waals surface area contributed by atoms with Crippen LogP contribution in [0.2, 0.25) is 0 Å². The van der Waals surface area contributed by atoms with E-state index in [4.69, 9.17) is 5.73 Å². The minimum absolute atomic E-state index is 0.0398. The average Bonchev–Trinajstić information content (AvgIpc) is 2.27. The van der Waals surface area contributed by atoms with Crippen molar-refractivity contribution >= 4 is 27.3 Å². The van der Waals surface area contributed by atoms with Crippen LogP contribution in [0.15, 0.2) is 16.6 Å². The highest BCUT2D eigenvalue weighted by Gasteiger charge is 2.29. The molecule has 0 aromatic heterocycles. The highest BCUT2D eigenvalue weighted by molar-refractivity contribution is 9.10. The van der Waals surface area contributed by atoms with Crippen molar-refractivity contribution < 1.29 is 4.92 Å². The molecule has 1 atom stereocenters.